The molecule has 0 N–H and O–H groups in total. The smallest absolute Gasteiger partial charge is 0.279 e. The van der Waals surface area contributed by atoms with Gasteiger partial charge in [-0.3, -0.25) is 9.10 Å². The van der Waals surface area contributed by atoms with E-state index >= 15 is 0 Å². The minimum absolute atomic E-state index is 0.0933. The van der Waals surface area contributed by atoms with E-state index in [9.17, 15) is 13.2 Å². The molecule has 0 bridgehead atoms. The summed E-state index contributed by atoms with van der Waals surface area (Å²) in [5, 5.41) is 1.83. The van der Waals surface area contributed by atoms with Gasteiger partial charge >= 0.3 is 0 Å². The molecule has 1 aliphatic rings. The molecule has 0 aliphatic carbocycles. The molecular weight excluding hydrogens is 382 g/mol. The molecule has 8 heteroatoms. The Morgan fingerprint density at radius 3 is 2.74 bits per heavy atom. The van der Waals surface area contributed by atoms with Crippen molar-refractivity contribution in [2.75, 3.05) is 10.8 Å². The van der Waals surface area contributed by atoms with Crippen molar-refractivity contribution in [3.05, 3.63) is 76.0 Å². The Morgan fingerprint density at radius 1 is 1.15 bits per heavy atom. The second kappa shape index (κ2) is 6.79. The van der Waals surface area contributed by atoms with E-state index in [-0.39, 0.29) is 10.5 Å². The minimum atomic E-state index is -3.74. The van der Waals surface area contributed by atoms with Crippen LogP contribution in [-0.2, 0) is 23.5 Å². The number of carbonyl (C=O) groups excluding carboxylic acids is 1. The molecule has 0 radical (unpaired) electrons. The van der Waals surface area contributed by atoms with Gasteiger partial charge in [0, 0.05) is 30.7 Å². The highest BCUT2D eigenvalue weighted by atomic mass is 32.2. The number of fused-ring (bicyclic) bond motifs is 1. The molecular formula is C19H17N3O3S2. The highest BCUT2D eigenvalue weighted by Gasteiger charge is 2.30. The fourth-order valence-corrected chi connectivity index (χ4v) is 5.34. The van der Waals surface area contributed by atoms with E-state index in [1.165, 1.54) is 27.8 Å². The second-order valence-corrected chi connectivity index (χ2v) is 8.93. The number of aromatic nitrogens is 1. The van der Waals surface area contributed by atoms with Crippen molar-refractivity contribution < 1.29 is 13.2 Å². The number of nitrogens with zero attached hydrogens (tertiary/aromatic N) is 3. The molecule has 3 aromatic rings. The van der Waals surface area contributed by atoms with Crippen LogP contribution in [0.15, 0.2) is 70.0 Å². The third-order valence-electron chi connectivity index (χ3n) is 4.47. The molecule has 0 saturated carbocycles. The van der Waals surface area contributed by atoms with Crippen LogP contribution in [0, 0.1) is 0 Å². The zero-order chi connectivity index (χ0) is 19.0. The first-order valence-electron chi connectivity index (χ1n) is 8.37. The van der Waals surface area contributed by atoms with E-state index in [2.05, 4.69) is 4.99 Å². The van der Waals surface area contributed by atoms with Crippen LogP contribution in [-0.4, -0.2) is 25.4 Å². The zero-order valence-electron chi connectivity index (χ0n) is 14.6. The van der Waals surface area contributed by atoms with Gasteiger partial charge in [-0.1, -0.05) is 24.3 Å². The summed E-state index contributed by atoms with van der Waals surface area (Å²) in [6, 6.07) is 13.5. The van der Waals surface area contributed by atoms with Crippen LogP contribution < -0.4 is 9.11 Å². The standard InChI is InChI=1S/C19H17N3O3S2/c1-21-11-12-26-19(21)20-18(23)15-6-4-7-16(13-15)27(24,25)22-10-9-14-5-2-3-8-17(14)22/h2-8,11-13H,9-10H2,1H3. The molecule has 0 unspecified atom stereocenters. The summed E-state index contributed by atoms with van der Waals surface area (Å²) in [5.41, 5.74) is 1.95. The molecule has 0 saturated heterocycles. The molecule has 2 heterocycles. The normalized spacial score (nSPS) is 14.4. The van der Waals surface area contributed by atoms with Crippen molar-refractivity contribution in [1.29, 1.82) is 0 Å². The van der Waals surface area contributed by atoms with Crippen molar-refractivity contribution in [2.24, 2.45) is 12.0 Å². The second-order valence-electron chi connectivity index (χ2n) is 6.20. The van der Waals surface area contributed by atoms with E-state index in [1.807, 2.05) is 29.8 Å². The Hall–Kier alpha value is -2.71. The van der Waals surface area contributed by atoms with Gasteiger partial charge in [-0.05, 0) is 36.2 Å². The van der Waals surface area contributed by atoms with Crippen LogP contribution in [0.1, 0.15) is 15.9 Å². The van der Waals surface area contributed by atoms with Gasteiger partial charge in [-0.2, -0.15) is 4.99 Å². The number of rotatable bonds is 3. The average Bonchev–Trinajstić information content (AvgIpc) is 3.28. The first-order valence-corrected chi connectivity index (χ1v) is 10.7. The predicted octanol–water partition coefficient (Wildman–Crippen LogP) is 2.58. The number of para-hydroxylation sites is 1. The van der Waals surface area contributed by atoms with Crippen molar-refractivity contribution in [1.82, 2.24) is 4.57 Å². The fourth-order valence-electron chi connectivity index (χ4n) is 3.06. The number of thiazole rings is 1. The van der Waals surface area contributed by atoms with E-state index < -0.39 is 15.9 Å². The van der Waals surface area contributed by atoms with Gasteiger partial charge in [-0.15, -0.1) is 11.3 Å². The molecule has 0 fully saturated rings. The molecule has 1 aliphatic heterocycles. The summed E-state index contributed by atoms with van der Waals surface area (Å²) in [6.07, 6.45) is 2.49. The zero-order valence-corrected chi connectivity index (χ0v) is 16.2. The van der Waals surface area contributed by atoms with Gasteiger partial charge in [0.15, 0.2) is 4.80 Å². The highest BCUT2D eigenvalue weighted by molar-refractivity contribution is 7.92. The lowest BCUT2D eigenvalue weighted by Gasteiger charge is -2.19. The third-order valence-corrected chi connectivity index (χ3v) is 7.13. The van der Waals surface area contributed by atoms with Crippen molar-refractivity contribution in [2.45, 2.75) is 11.3 Å². The van der Waals surface area contributed by atoms with E-state index in [0.717, 1.165) is 5.56 Å². The Labute approximate surface area is 161 Å². The van der Waals surface area contributed by atoms with Crippen molar-refractivity contribution in [3.63, 3.8) is 0 Å². The lowest BCUT2D eigenvalue weighted by Crippen LogP contribution is -2.29. The Kier molecular flexibility index (Phi) is 4.45. The SMILES string of the molecule is Cn1ccsc1=NC(=O)c1cccc(S(=O)(=O)N2CCc3ccccc32)c1. The summed E-state index contributed by atoms with van der Waals surface area (Å²) in [5.74, 6) is -0.466. The topological polar surface area (TPSA) is 71.7 Å². The molecule has 138 valence electrons. The predicted molar refractivity (Wildman–Crippen MR) is 104 cm³/mol. The maximum atomic E-state index is 13.1. The van der Waals surface area contributed by atoms with E-state index in [4.69, 9.17) is 0 Å². The van der Waals surface area contributed by atoms with Crippen LogP contribution in [0.2, 0.25) is 0 Å². The lowest BCUT2D eigenvalue weighted by atomic mass is 10.2. The van der Waals surface area contributed by atoms with Gasteiger partial charge < -0.3 is 4.57 Å². The molecule has 0 atom stereocenters. The number of benzene rings is 2. The molecule has 2 aromatic carbocycles. The molecule has 1 amide bonds. The molecule has 27 heavy (non-hydrogen) atoms. The number of hydrogen-bond donors (Lipinski definition) is 0. The van der Waals surface area contributed by atoms with Crippen molar-refractivity contribution in [3.8, 4) is 0 Å². The van der Waals surface area contributed by atoms with Crippen molar-refractivity contribution >= 4 is 33.0 Å². The monoisotopic (exact) mass is 399 g/mol. The fraction of sp³-hybridized carbons (Fsp3) is 0.158. The number of hydrogen-bond acceptors (Lipinski definition) is 4. The van der Waals surface area contributed by atoms with E-state index in [1.54, 1.807) is 29.8 Å². The van der Waals surface area contributed by atoms with Gasteiger partial charge in [0.1, 0.15) is 0 Å². The first kappa shape index (κ1) is 17.7. The highest BCUT2D eigenvalue weighted by Crippen LogP contribution is 2.32. The summed E-state index contributed by atoms with van der Waals surface area (Å²) >= 11 is 1.34. The summed E-state index contributed by atoms with van der Waals surface area (Å²) in [6.45, 7) is 0.398. The van der Waals surface area contributed by atoms with Crippen LogP contribution in [0.5, 0.6) is 0 Å². The van der Waals surface area contributed by atoms with Crippen LogP contribution >= 0.6 is 11.3 Å². The number of sulfonamides is 1. The summed E-state index contributed by atoms with van der Waals surface area (Å²) in [7, 11) is -1.94. The van der Waals surface area contributed by atoms with Gasteiger partial charge in [0.2, 0.25) is 0 Å². The van der Waals surface area contributed by atoms with Crippen LogP contribution in [0.3, 0.4) is 0 Å². The number of anilines is 1. The third kappa shape index (κ3) is 3.22. The molecule has 6 nitrogen and oxygen atoms in total. The lowest BCUT2D eigenvalue weighted by molar-refractivity contribution is 0.0997. The van der Waals surface area contributed by atoms with Gasteiger partial charge in [-0.25, -0.2) is 8.42 Å². The van der Waals surface area contributed by atoms with Crippen LogP contribution in [0.4, 0.5) is 5.69 Å². The Morgan fingerprint density at radius 2 is 1.96 bits per heavy atom. The number of aryl methyl sites for hydroxylation is 1. The van der Waals surface area contributed by atoms with E-state index in [0.29, 0.717) is 23.5 Å². The molecule has 1 aromatic heterocycles. The summed E-state index contributed by atoms with van der Waals surface area (Å²) in [4.78, 5) is 17.2. The average molecular weight is 399 g/mol. The molecule has 4 rings (SSSR count). The largest absolute Gasteiger partial charge is 0.327 e. The number of carbonyl (C=O) groups is 1. The number of amides is 1. The Bertz CT molecular complexity index is 1190. The maximum absolute atomic E-state index is 13.1. The van der Waals surface area contributed by atoms with Gasteiger partial charge in [0.25, 0.3) is 15.9 Å². The van der Waals surface area contributed by atoms with Gasteiger partial charge in [0.05, 0.1) is 10.6 Å². The maximum Gasteiger partial charge on any atom is 0.279 e. The first-order chi connectivity index (χ1) is 13.0. The quantitative estimate of drug-likeness (QED) is 0.680. The molecule has 0 spiro atoms. The Balaban J connectivity index is 1.71. The van der Waals surface area contributed by atoms with Crippen LogP contribution in [0.25, 0.3) is 0 Å². The summed E-state index contributed by atoms with van der Waals surface area (Å²) < 4.78 is 29.4. The minimum Gasteiger partial charge on any atom is -0.327 e.